The van der Waals surface area contributed by atoms with Gasteiger partial charge in [-0.05, 0) is 42.3 Å². The van der Waals surface area contributed by atoms with Crippen LogP contribution in [0.2, 0.25) is 0 Å². The molecule has 1 aromatic heterocycles. The molecule has 1 aromatic carbocycles. The number of nitrogens with zero attached hydrogens (tertiary/aromatic N) is 4. The van der Waals surface area contributed by atoms with Crippen molar-refractivity contribution in [1.29, 1.82) is 0 Å². The van der Waals surface area contributed by atoms with Gasteiger partial charge in [0.1, 0.15) is 0 Å². The summed E-state index contributed by atoms with van der Waals surface area (Å²) in [6.07, 6.45) is 2.11. The molecule has 2 N–H and O–H groups in total. The maximum Gasteiger partial charge on any atom is 0.325 e. The molecule has 0 saturated heterocycles. The third kappa shape index (κ3) is 4.07. The number of urea groups is 1. The Balaban J connectivity index is 1.53. The minimum Gasteiger partial charge on any atom is -0.308 e. The average Bonchev–Trinajstić information content (AvgIpc) is 3.28. The summed E-state index contributed by atoms with van der Waals surface area (Å²) in [5, 5.41) is 16.5. The molecule has 1 aliphatic rings. The van der Waals surface area contributed by atoms with E-state index in [1.165, 1.54) is 11.8 Å². The van der Waals surface area contributed by atoms with Crippen molar-refractivity contribution in [2.24, 2.45) is 0 Å². The van der Waals surface area contributed by atoms with Gasteiger partial charge >= 0.3 is 6.03 Å². The number of benzene rings is 1. The number of nitrogens with one attached hydrogen (secondary N) is 2. The zero-order valence-electron chi connectivity index (χ0n) is 12.5. The highest BCUT2D eigenvalue weighted by molar-refractivity contribution is 8.00. The molecule has 3 rings (SSSR count). The van der Waals surface area contributed by atoms with Crippen molar-refractivity contribution in [2.75, 3.05) is 5.32 Å². The lowest BCUT2D eigenvalue weighted by Gasteiger charge is -2.11. The number of anilines is 1. The quantitative estimate of drug-likeness (QED) is 0.810. The van der Waals surface area contributed by atoms with Crippen molar-refractivity contribution < 1.29 is 9.59 Å². The summed E-state index contributed by atoms with van der Waals surface area (Å²) in [5.74, 6) is -0.395. The second-order valence-electron chi connectivity index (χ2n) is 5.21. The number of carbonyl (C=O) groups is 2. The number of hydrogen-bond acceptors (Lipinski definition) is 6. The van der Waals surface area contributed by atoms with Crippen LogP contribution in [0, 0.1) is 0 Å². The Hall–Kier alpha value is -2.42. The summed E-state index contributed by atoms with van der Waals surface area (Å²) in [6, 6.07) is 8.70. The molecule has 120 valence electrons. The monoisotopic (exact) mass is 332 g/mol. The number of amides is 3. The molecule has 9 heteroatoms. The van der Waals surface area contributed by atoms with Crippen LogP contribution in [0.5, 0.6) is 0 Å². The van der Waals surface area contributed by atoms with Crippen LogP contribution in [0.15, 0.2) is 35.5 Å². The minimum absolute atomic E-state index is 0.337. The van der Waals surface area contributed by atoms with Gasteiger partial charge in [0, 0.05) is 5.69 Å². The molecule has 1 saturated carbocycles. The van der Waals surface area contributed by atoms with E-state index in [4.69, 9.17) is 0 Å². The number of aromatic nitrogens is 4. The summed E-state index contributed by atoms with van der Waals surface area (Å²) < 4.78 is 1.73. The molecule has 2 aromatic rings. The number of tetrazole rings is 1. The predicted octanol–water partition coefficient (Wildman–Crippen LogP) is 1.84. The van der Waals surface area contributed by atoms with Crippen molar-refractivity contribution in [2.45, 2.75) is 36.2 Å². The summed E-state index contributed by atoms with van der Waals surface area (Å²) in [5.41, 5.74) is 0.621. The maximum atomic E-state index is 12.1. The van der Waals surface area contributed by atoms with Gasteiger partial charge in [-0.3, -0.25) is 10.1 Å². The van der Waals surface area contributed by atoms with E-state index in [-0.39, 0.29) is 0 Å². The van der Waals surface area contributed by atoms with Gasteiger partial charge in [-0.2, -0.15) is 0 Å². The van der Waals surface area contributed by atoms with Crippen LogP contribution in [-0.2, 0) is 4.79 Å². The van der Waals surface area contributed by atoms with Gasteiger partial charge in [0.05, 0.1) is 11.3 Å². The van der Waals surface area contributed by atoms with E-state index >= 15 is 0 Å². The fraction of sp³-hybridized carbons (Fsp3) is 0.357. The molecule has 0 aliphatic heterocycles. The van der Waals surface area contributed by atoms with E-state index in [0.29, 0.717) is 16.9 Å². The lowest BCUT2D eigenvalue weighted by atomic mass is 10.3. The normalized spacial score (nSPS) is 15.0. The van der Waals surface area contributed by atoms with Crippen molar-refractivity contribution in [3.8, 4) is 0 Å². The number of rotatable bonds is 5. The number of para-hydroxylation sites is 1. The molecule has 1 unspecified atom stereocenters. The van der Waals surface area contributed by atoms with Crippen LogP contribution in [0.1, 0.15) is 25.8 Å². The molecular formula is C14H16N6O2S. The van der Waals surface area contributed by atoms with E-state index in [1.54, 1.807) is 35.9 Å². The van der Waals surface area contributed by atoms with Crippen molar-refractivity contribution >= 4 is 29.4 Å². The maximum absolute atomic E-state index is 12.1. The van der Waals surface area contributed by atoms with E-state index in [9.17, 15) is 9.59 Å². The lowest BCUT2D eigenvalue weighted by molar-refractivity contribution is -0.119. The molecule has 23 heavy (non-hydrogen) atoms. The van der Waals surface area contributed by atoms with Crippen LogP contribution >= 0.6 is 11.8 Å². The highest BCUT2D eigenvalue weighted by Crippen LogP contribution is 2.37. The first-order valence-electron chi connectivity index (χ1n) is 7.25. The second kappa shape index (κ2) is 6.78. The van der Waals surface area contributed by atoms with Gasteiger partial charge < -0.3 is 5.32 Å². The van der Waals surface area contributed by atoms with E-state index in [2.05, 4.69) is 26.2 Å². The SMILES string of the molecule is CC(Sc1nnnn1C1CC1)C(=O)NC(=O)Nc1ccccc1. The Morgan fingerprint density at radius 2 is 2.04 bits per heavy atom. The highest BCUT2D eigenvalue weighted by Gasteiger charge is 2.29. The number of hydrogen-bond donors (Lipinski definition) is 2. The summed E-state index contributed by atoms with van der Waals surface area (Å²) >= 11 is 1.24. The van der Waals surface area contributed by atoms with Crippen LogP contribution in [0.25, 0.3) is 0 Å². The first-order chi connectivity index (χ1) is 11.1. The van der Waals surface area contributed by atoms with Gasteiger partial charge in [0.15, 0.2) is 0 Å². The zero-order chi connectivity index (χ0) is 16.2. The van der Waals surface area contributed by atoms with Crippen LogP contribution in [-0.4, -0.2) is 37.4 Å². The lowest BCUT2D eigenvalue weighted by Crippen LogP contribution is -2.38. The Morgan fingerprint density at radius 3 is 2.74 bits per heavy atom. The Kier molecular flexibility index (Phi) is 4.56. The van der Waals surface area contributed by atoms with E-state index in [0.717, 1.165) is 12.8 Å². The molecule has 0 radical (unpaired) electrons. The standard InChI is InChI=1S/C14H16N6O2S/c1-9(23-14-17-18-19-20(14)11-7-8-11)12(21)16-13(22)15-10-5-3-2-4-6-10/h2-6,9,11H,7-8H2,1H3,(H2,15,16,21,22). The molecule has 1 fully saturated rings. The molecular weight excluding hydrogens is 316 g/mol. The average molecular weight is 332 g/mol. The number of carbonyl (C=O) groups excluding carboxylic acids is 2. The fourth-order valence-electron chi connectivity index (χ4n) is 1.92. The molecule has 1 aliphatic carbocycles. The van der Waals surface area contributed by atoms with Crippen LogP contribution in [0.4, 0.5) is 10.5 Å². The van der Waals surface area contributed by atoms with E-state index < -0.39 is 17.2 Å². The molecule has 1 heterocycles. The first-order valence-corrected chi connectivity index (χ1v) is 8.13. The largest absolute Gasteiger partial charge is 0.325 e. The minimum atomic E-state index is -0.560. The Morgan fingerprint density at radius 1 is 1.30 bits per heavy atom. The molecule has 8 nitrogen and oxygen atoms in total. The highest BCUT2D eigenvalue weighted by atomic mass is 32.2. The molecule has 0 bridgehead atoms. The Labute approximate surface area is 137 Å². The summed E-state index contributed by atoms with van der Waals surface area (Å²) in [4.78, 5) is 23.9. The summed E-state index contributed by atoms with van der Waals surface area (Å²) in [6.45, 7) is 1.71. The van der Waals surface area contributed by atoms with Gasteiger partial charge in [-0.1, -0.05) is 30.0 Å². The van der Waals surface area contributed by atoms with Crippen molar-refractivity contribution in [3.05, 3.63) is 30.3 Å². The molecule has 1 atom stereocenters. The molecule has 0 spiro atoms. The van der Waals surface area contributed by atoms with Crippen LogP contribution in [0.3, 0.4) is 0 Å². The third-order valence-electron chi connectivity index (χ3n) is 3.28. The second-order valence-corrected chi connectivity index (χ2v) is 6.51. The van der Waals surface area contributed by atoms with Gasteiger partial charge in [0.25, 0.3) is 0 Å². The predicted molar refractivity (Wildman–Crippen MR) is 85.0 cm³/mol. The smallest absolute Gasteiger partial charge is 0.308 e. The van der Waals surface area contributed by atoms with Gasteiger partial charge in [-0.15, -0.1) is 5.10 Å². The number of imide groups is 1. The Bertz CT molecular complexity index is 700. The first kappa shape index (κ1) is 15.5. The van der Waals surface area contributed by atoms with Crippen molar-refractivity contribution in [3.63, 3.8) is 0 Å². The molecule has 3 amide bonds. The van der Waals surface area contributed by atoms with Gasteiger partial charge in [-0.25, -0.2) is 9.48 Å². The van der Waals surface area contributed by atoms with E-state index in [1.807, 2.05) is 6.07 Å². The van der Waals surface area contributed by atoms with Crippen LogP contribution < -0.4 is 10.6 Å². The van der Waals surface area contributed by atoms with Crippen molar-refractivity contribution in [1.82, 2.24) is 25.5 Å². The van der Waals surface area contributed by atoms with Gasteiger partial charge in [0.2, 0.25) is 11.1 Å². The third-order valence-corrected chi connectivity index (χ3v) is 4.32. The topological polar surface area (TPSA) is 102 Å². The number of thioether (sulfide) groups is 1. The summed E-state index contributed by atoms with van der Waals surface area (Å²) in [7, 11) is 0. The fourth-order valence-corrected chi connectivity index (χ4v) is 2.78. The zero-order valence-corrected chi connectivity index (χ0v) is 13.3.